The summed E-state index contributed by atoms with van der Waals surface area (Å²) in [6.07, 6.45) is 0. The average Bonchev–Trinajstić information content (AvgIpc) is 2.72. The van der Waals surface area contributed by atoms with Crippen LogP contribution in [0.2, 0.25) is 0 Å². The second-order valence-corrected chi connectivity index (χ2v) is 7.13. The molecular weight excluding hydrogens is 374 g/mol. The number of guanidine groups is 1. The largest absolute Gasteiger partial charge is 0.379 e. The van der Waals surface area contributed by atoms with Crippen molar-refractivity contribution < 1.29 is 13.5 Å². The molecule has 1 atom stereocenters. The first-order valence-corrected chi connectivity index (χ1v) is 9.80. The number of halogens is 2. The summed E-state index contributed by atoms with van der Waals surface area (Å²) in [6, 6.07) is 13.3. The lowest BCUT2D eigenvalue weighted by molar-refractivity contribution is 0.0168. The highest BCUT2D eigenvalue weighted by Gasteiger charge is 2.23. The maximum atomic E-state index is 13.8. The first-order chi connectivity index (χ1) is 14.1. The van der Waals surface area contributed by atoms with Crippen molar-refractivity contribution in [1.82, 2.24) is 15.1 Å². The number of hydrogen-bond acceptors (Lipinski definition) is 3. The van der Waals surface area contributed by atoms with E-state index in [1.165, 1.54) is 18.2 Å². The third kappa shape index (κ3) is 5.98. The van der Waals surface area contributed by atoms with Gasteiger partial charge in [0.1, 0.15) is 11.6 Å². The second-order valence-electron chi connectivity index (χ2n) is 7.13. The molecule has 7 heteroatoms. The number of ether oxygens (including phenoxy) is 1. The minimum absolute atomic E-state index is 0.00563. The Labute approximate surface area is 171 Å². The summed E-state index contributed by atoms with van der Waals surface area (Å²) in [4.78, 5) is 8.59. The monoisotopic (exact) mass is 402 g/mol. The molecule has 0 bridgehead atoms. The van der Waals surface area contributed by atoms with Crippen LogP contribution in [0.5, 0.6) is 0 Å². The quantitative estimate of drug-likeness (QED) is 0.596. The van der Waals surface area contributed by atoms with Crippen LogP contribution in [0.4, 0.5) is 8.78 Å². The molecule has 1 saturated heterocycles. The molecule has 156 valence electrons. The summed E-state index contributed by atoms with van der Waals surface area (Å²) in [5, 5.41) is 3.40. The van der Waals surface area contributed by atoms with Gasteiger partial charge in [-0.05, 0) is 35.4 Å². The van der Waals surface area contributed by atoms with E-state index in [9.17, 15) is 8.78 Å². The minimum atomic E-state index is -0.252. The van der Waals surface area contributed by atoms with E-state index in [1.54, 1.807) is 25.2 Å². The molecule has 1 aliphatic rings. The van der Waals surface area contributed by atoms with Crippen LogP contribution in [-0.4, -0.2) is 62.7 Å². The van der Waals surface area contributed by atoms with Gasteiger partial charge in [0.05, 0.1) is 19.3 Å². The van der Waals surface area contributed by atoms with E-state index >= 15 is 0 Å². The van der Waals surface area contributed by atoms with Gasteiger partial charge in [-0.25, -0.2) is 8.78 Å². The molecule has 0 saturated carbocycles. The first-order valence-electron chi connectivity index (χ1n) is 9.80. The zero-order valence-electron chi connectivity index (χ0n) is 16.9. The Morgan fingerprint density at radius 1 is 1.14 bits per heavy atom. The Balaban J connectivity index is 1.69. The van der Waals surface area contributed by atoms with Gasteiger partial charge in [0.25, 0.3) is 0 Å². The number of morpholine rings is 1. The summed E-state index contributed by atoms with van der Waals surface area (Å²) in [5.41, 5.74) is 1.79. The Kier molecular flexibility index (Phi) is 7.55. The molecule has 2 aromatic carbocycles. The van der Waals surface area contributed by atoms with Gasteiger partial charge in [0.2, 0.25) is 0 Å². The van der Waals surface area contributed by atoms with E-state index in [0.29, 0.717) is 32.3 Å². The highest BCUT2D eigenvalue weighted by Crippen LogP contribution is 2.22. The Morgan fingerprint density at radius 2 is 1.83 bits per heavy atom. The van der Waals surface area contributed by atoms with Gasteiger partial charge in [-0.3, -0.25) is 9.89 Å². The predicted molar refractivity (Wildman–Crippen MR) is 111 cm³/mol. The third-order valence-electron chi connectivity index (χ3n) is 5.06. The average molecular weight is 402 g/mol. The lowest BCUT2D eigenvalue weighted by atomic mass is 10.0. The number of nitrogens with one attached hydrogen (secondary N) is 1. The van der Waals surface area contributed by atoms with Crippen LogP contribution in [0.25, 0.3) is 0 Å². The lowest BCUT2D eigenvalue weighted by Gasteiger charge is -2.35. The van der Waals surface area contributed by atoms with Crippen molar-refractivity contribution in [2.75, 3.05) is 46.9 Å². The van der Waals surface area contributed by atoms with Gasteiger partial charge in [-0.2, -0.15) is 0 Å². The Morgan fingerprint density at radius 3 is 2.48 bits per heavy atom. The van der Waals surface area contributed by atoms with Gasteiger partial charge < -0.3 is 15.0 Å². The summed E-state index contributed by atoms with van der Waals surface area (Å²) in [6.45, 7) is 4.02. The van der Waals surface area contributed by atoms with Crippen LogP contribution in [-0.2, 0) is 11.3 Å². The fraction of sp³-hybridized carbons (Fsp3) is 0.409. The van der Waals surface area contributed by atoms with Crippen molar-refractivity contribution in [2.45, 2.75) is 12.6 Å². The van der Waals surface area contributed by atoms with E-state index in [4.69, 9.17) is 4.74 Å². The molecule has 2 aromatic rings. The first kappa shape index (κ1) is 21.2. The van der Waals surface area contributed by atoms with Gasteiger partial charge in [-0.15, -0.1) is 0 Å². The molecule has 1 unspecified atom stereocenters. The second kappa shape index (κ2) is 10.3. The predicted octanol–water partition coefficient (Wildman–Crippen LogP) is 3.05. The maximum Gasteiger partial charge on any atom is 0.193 e. The number of aliphatic imine (C=N–C) groups is 1. The van der Waals surface area contributed by atoms with Crippen LogP contribution in [0.3, 0.4) is 0 Å². The Bertz CT molecular complexity index is 824. The molecule has 0 aromatic heterocycles. The lowest BCUT2D eigenvalue weighted by Crippen LogP contribution is -2.46. The minimum Gasteiger partial charge on any atom is -0.379 e. The van der Waals surface area contributed by atoms with Gasteiger partial charge in [-0.1, -0.05) is 24.3 Å². The number of benzene rings is 2. The molecule has 1 fully saturated rings. The topological polar surface area (TPSA) is 40.1 Å². The van der Waals surface area contributed by atoms with Crippen molar-refractivity contribution >= 4 is 5.96 Å². The number of rotatable bonds is 6. The van der Waals surface area contributed by atoms with E-state index in [1.807, 2.05) is 24.1 Å². The molecule has 1 heterocycles. The molecule has 0 radical (unpaired) electrons. The van der Waals surface area contributed by atoms with Crippen molar-refractivity contribution in [3.63, 3.8) is 0 Å². The Hall–Kier alpha value is -2.51. The van der Waals surface area contributed by atoms with Crippen molar-refractivity contribution in [3.8, 4) is 0 Å². The zero-order chi connectivity index (χ0) is 20.6. The summed E-state index contributed by atoms with van der Waals surface area (Å²) < 4.78 is 32.8. The molecular formula is C22H28F2N4O. The van der Waals surface area contributed by atoms with Crippen LogP contribution in [0.1, 0.15) is 17.2 Å². The molecule has 3 rings (SSSR count). The van der Waals surface area contributed by atoms with Crippen molar-refractivity contribution in [1.29, 1.82) is 0 Å². The summed E-state index contributed by atoms with van der Waals surface area (Å²) >= 11 is 0. The summed E-state index contributed by atoms with van der Waals surface area (Å²) in [5.74, 6) is 0.203. The zero-order valence-corrected chi connectivity index (χ0v) is 16.9. The van der Waals surface area contributed by atoms with E-state index in [0.717, 1.165) is 24.2 Å². The van der Waals surface area contributed by atoms with Gasteiger partial charge >= 0.3 is 0 Å². The molecule has 0 aliphatic carbocycles. The smallest absolute Gasteiger partial charge is 0.193 e. The van der Waals surface area contributed by atoms with Crippen molar-refractivity contribution in [3.05, 3.63) is 71.3 Å². The third-order valence-corrected chi connectivity index (χ3v) is 5.06. The molecule has 0 spiro atoms. The number of hydrogen-bond donors (Lipinski definition) is 1. The van der Waals surface area contributed by atoms with Crippen LogP contribution in [0.15, 0.2) is 53.5 Å². The van der Waals surface area contributed by atoms with Crippen LogP contribution >= 0.6 is 0 Å². The molecule has 5 nitrogen and oxygen atoms in total. The molecule has 29 heavy (non-hydrogen) atoms. The summed E-state index contributed by atoms with van der Waals surface area (Å²) in [7, 11) is 3.63. The van der Waals surface area contributed by atoms with Gasteiger partial charge in [0.15, 0.2) is 5.96 Å². The number of nitrogens with zero attached hydrogens (tertiary/aromatic N) is 3. The van der Waals surface area contributed by atoms with E-state index in [-0.39, 0.29) is 17.7 Å². The van der Waals surface area contributed by atoms with Crippen LogP contribution in [0, 0.1) is 11.6 Å². The molecule has 1 N–H and O–H groups in total. The standard InChI is InChI=1S/C22H28F2N4O/c1-25-22(27(2)16-17-5-3-7-19(23)13-17)26-15-21(28-9-11-29-12-10-28)18-6-4-8-20(24)14-18/h3-8,13-14,21H,9-12,15-16H2,1-2H3,(H,25,26). The van der Waals surface area contributed by atoms with Crippen LogP contribution < -0.4 is 5.32 Å². The maximum absolute atomic E-state index is 13.8. The highest BCUT2D eigenvalue weighted by atomic mass is 19.1. The van der Waals surface area contributed by atoms with Gasteiger partial charge in [0, 0.05) is 40.3 Å². The highest BCUT2D eigenvalue weighted by molar-refractivity contribution is 5.79. The fourth-order valence-electron chi connectivity index (χ4n) is 3.62. The SMILES string of the molecule is CN=C(NCC(c1cccc(F)c1)N1CCOCC1)N(C)Cc1cccc(F)c1. The molecule has 1 aliphatic heterocycles. The fourth-order valence-corrected chi connectivity index (χ4v) is 3.62. The molecule has 0 amide bonds. The van der Waals surface area contributed by atoms with Crippen molar-refractivity contribution in [2.24, 2.45) is 4.99 Å². The normalized spacial score (nSPS) is 16.5. The van der Waals surface area contributed by atoms with E-state index in [2.05, 4.69) is 15.2 Å². The van der Waals surface area contributed by atoms with E-state index < -0.39 is 0 Å².